The van der Waals surface area contributed by atoms with Gasteiger partial charge >= 0.3 is 5.97 Å². The van der Waals surface area contributed by atoms with E-state index in [9.17, 15) is 9.59 Å². The van der Waals surface area contributed by atoms with E-state index in [4.69, 9.17) is 4.74 Å². The minimum Gasteiger partial charge on any atom is -0.448 e. The first-order valence-corrected chi connectivity index (χ1v) is 10.3. The molecule has 2 heterocycles. The number of rotatable bonds is 5. The molecule has 0 spiro atoms. The molecule has 2 aromatic rings. The monoisotopic (exact) mass is 378 g/mol. The second kappa shape index (κ2) is 8.10. The molecule has 25 heavy (non-hydrogen) atoms. The summed E-state index contributed by atoms with van der Waals surface area (Å²) in [5.74, 6) is -0.327. The van der Waals surface area contributed by atoms with Gasteiger partial charge in [0, 0.05) is 11.4 Å². The van der Waals surface area contributed by atoms with E-state index in [1.807, 2.05) is 17.5 Å². The number of thiophene rings is 1. The Balaban J connectivity index is 1.55. The van der Waals surface area contributed by atoms with Gasteiger partial charge in [-0.25, -0.2) is 9.78 Å². The summed E-state index contributed by atoms with van der Waals surface area (Å²) in [5.41, 5.74) is 0.249. The highest BCUT2D eigenvalue weighted by Gasteiger charge is 2.27. The largest absolute Gasteiger partial charge is 0.448 e. The number of carbonyl (C=O) groups is 2. The van der Waals surface area contributed by atoms with Gasteiger partial charge in [0.2, 0.25) is 0 Å². The van der Waals surface area contributed by atoms with E-state index < -0.39 is 12.1 Å². The third-order valence-corrected chi connectivity index (χ3v) is 6.42. The van der Waals surface area contributed by atoms with Gasteiger partial charge in [0.05, 0.1) is 4.88 Å². The maximum Gasteiger partial charge on any atom is 0.358 e. The van der Waals surface area contributed by atoms with Crippen molar-refractivity contribution in [3.8, 4) is 9.88 Å². The van der Waals surface area contributed by atoms with Crippen LogP contribution >= 0.6 is 22.7 Å². The minimum atomic E-state index is -0.825. The Hall–Kier alpha value is -1.73. The average molecular weight is 379 g/mol. The summed E-state index contributed by atoms with van der Waals surface area (Å²) in [4.78, 5) is 29.9. The van der Waals surface area contributed by atoms with Gasteiger partial charge in [-0.05, 0) is 37.1 Å². The first kappa shape index (κ1) is 18.1. The van der Waals surface area contributed by atoms with Gasteiger partial charge in [-0.2, -0.15) is 0 Å². The molecule has 1 N–H and O–H groups in total. The van der Waals surface area contributed by atoms with Crippen molar-refractivity contribution in [3.63, 3.8) is 0 Å². The number of nitrogens with zero attached hydrogens (tertiary/aromatic N) is 1. The summed E-state index contributed by atoms with van der Waals surface area (Å²) in [6.45, 7) is 3.76. The van der Waals surface area contributed by atoms with Crippen LogP contribution in [0.3, 0.4) is 0 Å². The minimum absolute atomic E-state index is 0.173. The average Bonchev–Trinajstić information content (AvgIpc) is 3.28. The molecule has 134 valence electrons. The lowest BCUT2D eigenvalue weighted by atomic mass is 9.86. The van der Waals surface area contributed by atoms with E-state index in [0.717, 1.165) is 29.1 Å². The van der Waals surface area contributed by atoms with E-state index in [2.05, 4.69) is 17.2 Å². The highest BCUT2D eigenvalue weighted by Crippen LogP contribution is 2.28. The first-order valence-electron chi connectivity index (χ1n) is 8.55. The molecule has 0 aliphatic heterocycles. The molecule has 0 bridgehead atoms. The quantitative estimate of drug-likeness (QED) is 0.795. The number of hydrogen-bond donors (Lipinski definition) is 1. The Kier molecular flexibility index (Phi) is 5.86. The highest BCUT2D eigenvalue weighted by atomic mass is 32.1. The second-order valence-electron chi connectivity index (χ2n) is 6.44. The molecule has 1 saturated carbocycles. The van der Waals surface area contributed by atoms with Crippen LogP contribution in [-0.4, -0.2) is 29.0 Å². The third-order valence-electron chi connectivity index (χ3n) is 4.54. The number of thiazole rings is 1. The van der Waals surface area contributed by atoms with Crippen molar-refractivity contribution in [2.45, 2.75) is 51.7 Å². The molecule has 1 aliphatic carbocycles. The van der Waals surface area contributed by atoms with Crippen LogP contribution in [0.1, 0.15) is 50.0 Å². The number of aromatic nitrogens is 1. The van der Waals surface area contributed by atoms with Crippen molar-refractivity contribution in [2.24, 2.45) is 5.92 Å². The molecule has 0 unspecified atom stereocenters. The van der Waals surface area contributed by atoms with Gasteiger partial charge in [0.25, 0.3) is 5.91 Å². The van der Waals surface area contributed by atoms with E-state index in [1.165, 1.54) is 17.8 Å². The zero-order valence-electron chi connectivity index (χ0n) is 14.4. The zero-order valence-corrected chi connectivity index (χ0v) is 16.0. The molecule has 0 aromatic carbocycles. The molecule has 7 heteroatoms. The third kappa shape index (κ3) is 4.46. The number of esters is 1. The lowest BCUT2D eigenvalue weighted by molar-refractivity contribution is -0.130. The Morgan fingerprint density at radius 2 is 2.12 bits per heavy atom. The van der Waals surface area contributed by atoms with E-state index in [1.54, 1.807) is 23.6 Å². The summed E-state index contributed by atoms with van der Waals surface area (Å²) >= 11 is 2.97. The lowest BCUT2D eigenvalue weighted by Crippen LogP contribution is -2.46. The van der Waals surface area contributed by atoms with Crippen LogP contribution < -0.4 is 5.32 Å². The fourth-order valence-corrected chi connectivity index (χ4v) is 4.59. The summed E-state index contributed by atoms with van der Waals surface area (Å²) in [5, 5.41) is 7.45. The van der Waals surface area contributed by atoms with Gasteiger partial charge in [-0.15, -0.1) is 22.7 Å². The van der Waals surface area contributed by atoms with Crippen LogP contribution in [0.15, 0.2) is 22.9 Å². The van der Waals surface area contributed by atoms with Crippen LogP contribution in [0.4, 0.5) is 0 Å². The van der Waals surface area contributed by atoms with Gasteiger partial charge in [0.15, 0.2) is 11.8 Å². The molecule has 0 saturated heterocycles. The smallest absolute Gasteiger partial charge is 0.358 e. The predicted octanol–water partition coefficient (Wildman–Crippen LogP) is 4.11. The molecule has 1 fully saturated rings. The van der Waals surface area contributed by atoms with Crippen LogP contribution in [-0.2, 0) is 9.53 Å². The van der Waals surface area contributed by atoms with Crippen molar-refractivity contribution < 1.29 is 14.3 Å². The van der Waals surface area contributed by atoms with Crippen molar-refractivity contribution >= 4 is 34.6 Å². The second-order valence-corrected chi connectivity index (χ2v) is 8.25. The Morgan fingerprint density at radius 3 is 2.84 bits per heavy atom. The van der Waals surface area contributed by atoms with Crippen molar-refractivity contribution in [2.75, 3.05) is 0 Å². The number of hydrogen-bond acceptors (Lipinski definition) is 6. The van der Waals surface area contributed by atoms with Crippen molar-refractivity contribution in [1.82, 2.24) is 10.3 Å². The number of amides is 1. The Labute approximate surface area is 155 Å². The van der Waals surface area contributed by atoms with E-state index >= 15 is 0 Å². The van der Waals surface area contributed by atoms with Crippen LogP contribution in [0, 0.1) is 5.92 Å². The summed E-state index contributed by atoms with van der Waals surface area (Å²) in [6.07, 6.45) is 3.64. The SMILES string of the molecule is C[C@@H]1CCCC[C@H]1NC(=O)[C@@H](C)OC(=O)c1csc(-c2cccs2)n1. The van der Waals surface area contributed by atoms with Gasteiger partial charge in [-0.3, -0.25) is 4.79 Å². The van der Waals surface area contributed by atoms with E-state index in [-0.39, 0.29) is 17.6 Å². The topological polar surface area (TPSA) is 68.3 Å². The molecule has 1 aliphatic rings. The molecular weight excluding hydrogens is 356 g/mol. The van der Waals surface area contributed by atoms with Gasteiger partial charge in [0.1, 0.15) is 5.01 Å². The fourth-order valence-electron chi connectivity index (χ4n) is 2.99. The van der Waals surface area contributed by atoms with Gasteiger partial charge < -0.3 is 10.1 Å². The number of nitrogens with one attached hydrogen (secondary N) is 1. The zero-order chi connectivity index (χ0) is 17.8. The van der Waals surface area contributed by atoms with Crippen molar-refractivity contribution in [1.29, 1.82) is 0 Å². The molecule has 5 nitrogen and oxygen atoms in total. The molecule has 2 aromatic heterocycles. The molecule has 0 radical (unpaired) electrons. The van der Waals surface area contributed by atoms with Crippen LogP contribution in [0.2, 0.25) is 0 Å². The first-order chi connectivity index (χ1) is 12.0. The fraction of sp³-hybridized carbons (Fsp3) is 0.500. The molecular formula is C18H22N2O3S2. The summed E-state index contributed by atoms with van der Waals surface area (Å²) < 4.78 is 5.30. The Morgan fingerprint density at radius 1 is 1.32 bits per heavy atom. The van der Waals surface area contributed by atoms with Crippen LogP contribution in [0.5, 0.6) is 0 Å². The normalized spacial score (nSPS) is 21.5. The predicted molar refractivity (Wildman–Crippen MR) is 99.9 cm³/mol. The maximum absolute atomic E-state index is 12.3. The number of ether oxygens (including phenoxy) is 1. The van der Waals surface area contributed by atoms with Crippen LogP contribution in [0.25, 0.3) is 9.88 Å². The standard InChI is InChI=1S/C18H22N2O3S2/c1-11-6-3-4-7-13(11)19-16(21)12(2)23-18(22)14-10-25-17(20-14)15-8-5-9-24-15/h5,8-13H,3-4,6-7H2,1-2H3,(H,19,21)/t11-,12-,13-/m1/s1. The number of carbonyl (C=O) groups excluding carboxylic acids is 2. The molecule has 3 atom stereocenters. The van der Waals surface area contributed by atoms with E-state index in [0.29, 0.717) is 5.92 Å². The lowest BCUT2D eigenvalue weighted by Gasteiger charge is -2.30. The highest BCUT2D eigenvalue weighted by molar-refractivity contribution is 7.20. The molecule has 1 amide bonds. The van der Waals surface area contributed by atoms with Crippen molar-refractivity contribution in [3.05, 3.63) is 28.6 Å². The summed E-state index contributed by atoms with van der Waals surface area (Å²) in [7, 11) is 0. The maximum atomic E-state index is 12.3. The Bertz CT molecular complexity index is 727. The summed E-state index contributed by atoms with van der Waals surface area (Å²) in [6, 6.07) is 4.07. The van der Waals surface area contributed by atoms with Gasteiger partial charge in [-0.1, -0.05) is 25.8 Å². The molecule has 3 rings (SSSR count).